The summed E-state index contributed by atoms with van der Waals surface area (Å²) in [6, 6.07) is 1.88. The third-order valence-electron chi connectivity index (χ3n) is 3.82. The lowest BCUT2D eigenvalue weighted by molar-refractivity contribution is -0.143. The lowest BCUT2D eigenvalue weighted by atomic mass is 9.68. The summed E-state index contributed by atoms with van der Waals surface area (Å²) in [5, 5.41) is 0. The maximum atomic E-state index is 11.8. The summed E-state index contributed by atoms with van der Waals surface area (Å²) >= 11 is 0. The van der Waals surface area contributed by atoms with Crippen LogP contribution in [0.5, 0.6) is 0 Å². The molecule has 0 radical (unpaired) electrons. The number of furan rings is 1. The number of esters is 1. The lowest BCUT2D eigenvalue weighted by Crippen LogP contribution is -2.30. The van der Waals surface area contributed by atoms with Gasteiger partial charge in [-0.1, -0.05) is 19.1 Å². The molecular weight excluding hydrogens is 204 g/mol. The number of hydrogen-bond acceptors (Lipinski definition) is 3. The van der Waals surface area contributed by atoms with E-state index in [4.69, 9.17) is 9.15 Å². The number of allylic oxidation sites excluding steroid dienone is 1. The molecule has 3 rings (SSSR count). The van der Waals surface area contributed by atoms with Gasteiger partial charge in [-0.3, -0.25) is 4.79 Å². The Kier molecular flexibility index (Phi) is 1.96. The molecule has 1 fully saturated rings. The predicted molar refractivity (Wildman–Crippen MR) is 57.5 cm³/mol. The lowest BCUT2D eigenvalue weighted by Gasteiger charge is -2.33. The van der Waals surface area contributed by atoms with E-state index in [2.05, 4.69) is 13.0 Å². The molecular formula is C13H14O3. The standard InChI is InChI=1S/C13H14O3/c1-13-6-3-2-4-10(13)12(14)16-11(13)9-5-7-15-8-9/h2,4-5,7-8,10-11H,3,6H2,1H3/t10?,11-,13+/m0/s1. The van der Waals surface area contributed by atoms with Crippen LogP contribution in [0.3, 0.4) is 0 Å². The van der Waals surface area contributed by atoms with Crippen LogP contribution in [0.4, 0.5) is 0 Å². The minimum Gasteiger partial charge on any atom is -0.472 e. The van der Waals surface area contributed by atoms with Crippen molar-refractivity contribution in [3.63, 3.8) is 0 Å². The van der Waals surface area contributed by atoms with Crippen LogP contribution in [-0.2, 0) is 9.53 Å². The number of ether oxygens (including phenoxy) is 1. The van der Waals surface area contributed by atoms with E-state index < -0.39 is 0 Å². The molecule has 2 heterocycles. The zero-order chi connectivity index (χ0) is 11.2. The summed E-state index contributed by atoms with van der Waals surface area (Å²) < 4.78 is 10.6. The molecule has 0 aromatic carbocycles. The molecule has 1 saturated heterocycles. The molecule has 1 unspecified atom stereocenters. The highest BCUT2D eigenvalue weighted by Crippen LogP contribution is 2.54. The van der Waals surface area contributed by atoms with Crippen molar-refractivity contribution >= 4 is 5.97 Å². The number of fused-ring (bicyclic) bond motifs is 1. The Bertz CT molecular complexity index is 432. The second-order valence-corrected chi connectivity index (χ2v) is 4.82. The molecule has 16 heavy (non-hydrogen) atoms. The van der Waals surface area contributed by atoms with Crippen LogP contribution in [0.1, 0.15) is 31.4 Å². The van der Waals surface area contributed by atoms with Crippen molar-refractivity contribution in [3.05, 3.63) is 36.3 Å². The molecule has 0 spiro atoms. The van der Waals surface area contributed by atoms with Crippen molar-refractivity contribution in [1.29, 1.82) is 0 Å². The molecule has 0 saturated carbocycles. The van der Waals surface area contributed by atoms with Gasteiger partial charge < -0.3 is 9.15 Å². The van der Waals surface area contributed by atoms with Crippen LogP contribution in [0.25, 0.3) is 0 Å². The largest absolute Gasteiger partial charge is 0.472 e. The highest BCUT2D eigenvalue weighted by molar-refractivity contribution is 5.78. The summed E-state index contributed by atoms with van der Waals surface area (Å²) in [5.41, 5.74) is 0.851. The van der Waals surface area contributed by atoms with Gasteiger partial charge in [-0.2, -0.15) is 0 Å². The maximum absolute atomic E-state index is 11.8. The Morgan fingerprint density at radius 3 is 3.12 bits per heavy atom. The topological polar surface area (TPSA) is 39.4 Å². The summed E-state index contributed by atoms with van der Waals surface area (Å²) in [7, 11) is 0. The normalized spacial score (nSPS) is 37.2. The second-order valence-electron chi connectivity index (χ2n) is 4.82. The van der Waals surface area contributed by atoms with Crippen LogP contribution < -0.4 is 0 Å². The minimum absolute atomic E-state index is 0.0962. The van der Waals surface area contributed by atoms with E-state index in [1.807, 2.05) is 12.1 Å². The molecule has 1 aromatic rings. The SMILES string of the molecule is C[C@@]12CCC=CC1C(=O)O[C@H]2c1ccoc1. The van der Waals surface area contributed by atoms with E-state index in [0.29, 0.717) is 0 Å². The Balaban J connectivity index is 2.03. The van der Waals surface area contributed by atoms with Gasteiger partial charge in [0.1, 0.15) is 6.10 Å². The highest BCUT2D eigenvalue weighted by atomic mass is 16.6. The average molecular weight is 218 g/mol. The van der Waals surface area contributed by atoms with E-state index in [0.717, 1.165) is 18.4 Å². The molecule has 1 aliphatic carbocycles. The first-order valence-corrected chi connectivity index (χ1v) is 5.61. The first kappa shape index (κ1) is 9.70. The van der Waals surface area contributed by atoms with E-state index in [1.54, 1.807) is 12.5 Å². The molecule has 0 N–H and O–H groups in total. The third-order valence-corrected chi connectivity index (χ3v) is 3.82. The van der Waals surface area contributed by atoms with Gasteiger partial charge in [0.2, 0.25) is 0 Å². The molecule has 0 bridgehead atoms. The van der Waals surface area contributed by atoms with Crippen LogP contribution >= 0.6 is 0 Å². The molecule has 1 aliphatic heterocycles. The Morgan fingerprint density at radius 1 is 1.50 bits per heavy atom. The molecule has 84 valence electrons. The van der Waals surface area contributed by atoms with Gasteiger partial charge in [-0.15, -0.1) is 0 Å². The smallest absolute Gasteiger partial charge is 0.314 e. The van der Waals surface area contributed by atoms with Crippen molar-refractivity contribution in [1.82, 2.24) is 0 Å². The summed E-state index contributed by atoms with van der Waals surface area (Å²) in [6.45, 7) is 2.13. The zero-order valence-corrected chi connectivity index (χ0v) is 9.18. The quantitative estimate of drug-likeness (QED) is 0.537. The van der Waals surface area contributed by atoms with E-state index in [9.17, 15) is 4.79 Å². The van der Waals surface area contributed by atoms with Crippen LogP contribution in [0.15, 0.2) is 35.2 Å². The summed E-state index contributed by atoms with van der Waals surface area (Å²) in [6.07, 6.45) is 9.20. The van der Waals surface area contributed by atoms with E-state index >= 15 is 0 Å². The van der Waals surface area contributed by atoms with Gasteiger partial charge in [0.25, 0.3) is 0 Å². The second kappa shape index (κ2) is 3.24. The Morgan fingerprint density at radius 2 is 2.38 bits per heavy atom. The maximum Gasteiger partial charge on any atom is 0.314 e. The fourth-order valence-electron chi connectivity index (χ4n) is 2.84. The fraction of sp³-hybridized carbons (Fsp3) is 0.462. The number of hydrogen-bond donors (Lipinski definition) is 0. The van der Waals surface area contributed by atoms with Gasteiger partial charge in [0, 0.05) is 11.0 Å². The Hall–Kier alpha value is -1.51. The van der Waals surface area contributed by atoms with Crippen molar-refractivity contribution in [3.8, 4) is 0 Å². The minimum atomic E-state index is -0.159. The van der Waals surface area contributed by atoms with Gasteiger partial charge in [0.05, 0.1) is 18.4 Å². The third kappa shape index (κ3) is 1.17. The number of carbonyl (C=O) groups is 1. The van der Waals surface area contributed by atoms with Crippen molar-refractivity contribution < 1.29 is 13.9 Å². The number of cyclic esters (lactones) is 1. The first-order valence-electron chi connectivity index (χ1n) is 5.61. The van der Waals surface area contributed by atoms with Gasteiger partial charge in [-0.25, -0.2) is 0 Å². The van der Waals surface area contributed by atoms with E-state index in [1.165, 1.54) is 0 Å². The van der Waals surface area contributed by atoms with Crippen LogP contribution in [0, 0.1) is 11.3 Å². The fourth-order valence-corrected chi connectivity index (χ4v) is 2.84. The van der Waals surface area contributed by atoms with Gasteiger partial charge in [0.15, 0.2) is 0 Å². The summed E-state index contributed by atoms with van der Waals surface area (Å²) in [5.74, 6) is -0.203. The first-order chi connectivity index (χ1) is 7.72. The molecule has 2 aliphatic rings. The van der Waals surface area contributed by atoms with E-state index in [-0.39, 0.29) is 23.4 Å². The number of rotatable bonds is 1. The Labute approximate surface area is 94.1 Å². The average Bonchev–Trinajstić information content (AvgIpc) is 2.85. The van der Waals surface area contributed by atoms with Gasteiger partial charge >= 0.3 is 5.97 Å². The number of carbonyl (C=O) groups excluding carboxylic acids is 1. The molecule has 3 nitrogen and oxygen atoms in total. The predicted octanol–water partition coefficient (Wildman–Crippen LogP) is 2.85. The van der Waals surface area contributed by atoms with Crippen molar-refractivity contribution in [2.24, 2.45) is 11.3 Å². The van der Waals surface area contributed by atoms with Crippen molar-refractivity contribution in [2.45, 2.75) is 25.9 Å². The molecule has 3 heteroatoms. The van der Waals surface area contributed by atoms with Crippen molar-refractivity contribution in [2.75, 3.05) is 0 Å². The van der Waals surface area contributed by atoms with Gasteiger partial charge in [-0.05, 0) is 18.9 Å². The van der Waals surface area contributed by atoms with Crippen LogP contribution in [0.2, 0.25) is 0 Å². The monoisotopic (exact) mass is 218 g/mol. The zero-order valence-electron chi connectivity index (χ0n) is 9.18. The molecule has 3 atom stereocenters. The van der Waals surface area contributed by atoms with Crippen LogP contribution in [-0.4, -0.2) is 5.97 Å². The summed E-state index contributed by atoms with van der Waals surface area (Å²) in [4.78, 5) is 11.8. The molecule has 1 aromatic heterocycles. The molecule has 0 amide bonds. The highest BCUT2D eigenvalue weighted by Gasteiger charge is 2.54.